The van der Waals surface area contributed by atoms with Crippen molar-refractivity contribution in [3.63, 3.8) is 0 Å². The number of carboxylic acids is 1. The van der Waals surface area contributed by atoms with Gasteiger partial charge < -0.3 is 14.8 Å². The number of aromatic carboxylic acids is 1. The average Bonchev–Trinajstić information content (AvgIpc) is 3.36. The Morgan fingerprint density at radius 1 is 1.03 bits per heavy atom. The van der Waals surface area contributed by atoms with E-state index in [9.17, 15) is 19.5 Å². The molecule has 2 N–H and O–H groups in total. The lowest BCUT2D eigenvalue weighted by molar-refractivity contribution is 0.0696. The predicted octanol–water partition coefficient (Wildman–Crippen LogP) is 6.12. The number of fused-ring (bicyclic) bond motifs is 2. The Morgan fingerprint density at radius 2 is 1.80 bits per heavy atom. The highest BCUT2D eigenvalue weighted by atomic mass is 35.5. The number of hydrogen-bond donors (Lipinski definition) is 2. The quantitative estimate of drug-likeness (QED) is 0.301. The number of carbonyl (C=O) groups is 3. The largest absolute Gasteiger partial charge is 0.478 e. The molecule has 4 aromatic rings. The highest BCUT2D eigenvalue weighted by molar-refractivity contribution is 6.38. The van der Waals surface area contributed by atoms with E-state index in [-0.39, 0.29) is 28.3 Å². The van der Waals surface area contributed by atoms with Crippen LogP contribution in [0.4, 0.5) is 11.4 Å². The molecule has 2 amide bonds. The first-order valence-corrected chi connectivity index (χ1v) is 11.4. The molecule has 0 bridgehead atoms. The minimum absolute atomic E-state index is 0.0351. The third-order valence-corrected chi connectivity index (χ3v) is 6.10. The maximum atomic E-state index is 13.1. The van der Waals surface area contributed by atoms with E-state index in [4.69, 9.17) is 27.6 Å². The summed E-state index contributed by atoms with van der Waals surface area (Å²) < 4.78 is 5.94. The highest BCUT2D eigenvalue weighted by Crippen LogP contribution is 2.38. The van der Waals surface area contributed by atoms with Gasteiger partial charge in [-0.2, -0.15) is 0 Å². The van der Waals surface area contributed by atoms with E-state index in [0.29, 0.717) is 38.9 Å². The number of nitrogens with zero attached hydrogens (tertiary/aromatic N) is 2. The fourth-order valence-corrected chi connectivity index (χ4v) is 4.47. The van der Waals surface area contributed by atoms with Crippen molar-refractivity contribution in [2.75, 3.05) is 16.8 Å². The minimum Gasteiger partial charge on any atom is -0.478 e. The number of amides is 2. The molecule has 8 nitrogen and oxygen atoms in total. The SMILES string of the molecule is CCCNc1ccc(N2C(=O)c3ccc(C(=O)O)cc3C2=O)cc1-c1nc2cc(Cl)cc(Cl)c2o1. The normalized spacial score (nSPS) is 12.9. The van der Waals surface area contributed by atoms with Gasteiger partial charge in [0.15, 0.2) is 5.58 Å². The lowest BCUT2D eigenvalue weighted by Crippen LogP contribution is -2.29. The maximum absolute atomic E-state index is 13.1. The summed E-state index contributed by atoms with van der Waals surface area (Å²) in [7, 11) is 0. The first-order valence-electron chi connectivity index (χ1n) is 10.7. The number of nitrogens with one attached hydrogen (secondary N) is 1. The monoisotopic (exact) mass is 509 g/mol. The van der Waals surface area contributed by atoms with Crippen molar-refractivity contribution < 1.29 is 23.9 Å². The van der Waals surface area contributed by atoms with Crippen LogP contribution in [0.1, 0.15) is 44.4 Å². The number of oxazole rings is 1. The fraction of sp³-hybridized carbons (Fsp3) is 0.120. The minimum atomic E-state index is -1.19. The number of aromatic nitrogens is 1. The van der Waals surface area contributed by atoms with E-state index in [1.807, 2.05) is 6.92 Å². The molecule has 5 rings (SSSR count). The van der Waals surface area contributed by atoms with Gasteiger partial charge in [-0.3, -0.25) is 9.59 Å². The smallest absolute Gasteiger partial charge is 0.335 e. The van der Waals surface area contributed by atoms with Gasteiger partial charge in [-0.05, 0) is 55.0 Å². The Hall–Kier alpha value is -3.88. The molecule has 1 aliphatic heterocycles. The molecular weight excluding hydrogens is 493 g/mol. The Morgan fingerprint density at radius 3 is 2.54 bits per heavy atom. The summed E-state index contributed by atoms with van der Waals surface area (Å²) in [5, 5.41) is 13.3. The van der Waals surface area contributed by atoms with Gasteiger partial charge in [0, 0.05) is 17.3 Å². The van der Waals surface area contributed by atoms with Crippen LogP contribution in [0.25, 0.3) is 22.6 Å². The van der Waals surface area contributed by atoms with Crippen LogP contribution in [0.15, 0.2) is 52.9 Å². The van der Waals surface area contributed by atoms with Gasteiger partial charge in [-0.1, -0.05) is 30.1 Å². The van der Waals surface area contributed by atoms with E-state index < -0.39 is 17.8 Å². The van der Waals surface area contributed by atoms with E-state index in [0.717, 1.165) is 11.3 Å². The summed E-state index contributed by atoms with van der Waals surface area (Å²) in [6.07, 6.45) is 0.862. The maximum Gasteiger partial charge on any atom is 0.335 e. The molecule has 0 fully saturated rings. The molecule has 0 aliphatic carbocycles. The second-order valence-electron chi connectivity index (χ2n) is 7.92. The number of hydrogen-bond acceptors (Lipinski definition) is 6. The molecule has 2 heterocycles. The van der Waals surface area contributed by atoms with Crippen LogP contribution >= 0.6 is 23.2 Å². The number of carbonyl (C=O) groups excluding carboxylic acids is 2. The Bertz CT molecular complexity index is 1550. The first kappa shape index (κ1) is 22.9. The molecule has 1 aliphatic rings. The molecule has 10 heteroatoms. The molecule has 0 saturated heterocycles. The molecule has 0 atom stereocenters. The van der Waals surface area contributed by atoms with Crippen LogP contribution < -0.4 is 10.2 Å². The Kier molecular flexibility index (Phi) is 5.70. The number of rotatable bonds is 6. The van der Waals surface area contributed by atoms with Crippen molar-refractivity contribution in [1.82, 2.24) is 4.98 Å². The molecule has 0 saturated carbocycles. The molecule has 0 spiro atoms. The van der Waals surface area contributed by atoms with Crippen LogP contribution in [0.5, 0.6) is 0 Å². The van der Waals surface area contributed by atoms with E-state index in [1.54, 1.807) is 30.3 Å². The van der Waals surface area contributed by atoms with Gasteiger partial charge >= 0.3 is 5.97 Å². The van der Waals surface area contributed by atoms with Gasteiger partial charge in [0.1, 0.15) is 5.52 Å². The Balaban J connectivity index is 1.62. The lowest BCUT2D eigenvalue weighted by Gasteiger charge is -2.17. The zero-order valence-electron chi connectivity index (χ0n) is 18.3. The zero-order valence-corrected chi connectivity index (χ0v) is 19.8. The predicted molar refractivity (Wildman–Crippen MR) is 133 cm³/mol. The molecular formula is C25H17Cl2N3O5. The summed E-state index contributed by atoms with van der Waals surface area (Å²) in [6.45, 7) is 2.69. The van der Waals surface area contributed by atoms with Crippen molar-refractivity contribution >= 4 is 63.5 Å². The van der Waals surface area contributed by atoms with Crippen molar-refractivity contribution in [2.24, 2.45) is 0 Å². The average molecular weight is 510 g/mol. The molecule has 176 valence electrons. The van der Waals surface area contributed by atoms with Gasteiger partial charge in [-0.25, -0.2) is 14.7 Å². The van der Waals surface area contributed by atoms with Gasteiger partial charge in [0.2, 0.25) is 5.89 Å². The summed E-state index contributed by atoms with van der Waals surface area (Å²) in [4.78, 5) is 43.1. The van der Waals surface area contributed by atoms with E-state index in [1.165, 1.54) is 18.2 Å². The summed E-state index contributed by atoms with van der Waals surface area (Å²) >= 11 is 12.4. The highest BCUT2D eigenvalue weighted by Gasteiger charge is 2.37. The number of halogens is 2. The summed E-state index contributed by atoms with van der Waals surface area (Å²) in [5.41, 5.74) is 2.42. The molecule has 1 aromatic heterocycles. The van der Waals surface area contributed by atoms with Crippen molar-refractivity contribution in [2.45, 2.75) is 13.3 Å². The van der Waals surface area contributed by atoms with Gasteiger partial charge in [0.05, 0.1) is 33.0 Å². The summed E-state index contributed by atoms with van der Waals surface area (Å²) in [6, 6.07) is 12.0. The van der Waals surface area contributed by atoms with Crippen molar-refractivity contribution in [1.29, 1.82) is 0 Å². The van der Waals surface area contributed by atoms with Crippen LogP contribution in [0.2, 0.25) is 10.0 Å². The van der Waals surface area contributed by atoms with E-state index in [2.05, 4.69) is 10.3 Å². The second kappa shape index (κ2) is 8.72. The number of imide groups is 1. The van der Waals surface area contributed by atoms with Crippen LogP contribution in [0.3, 0.4) is 0 Å². The topological polar surface area (TPSA) is 113 Å². The fourth-order valence-electron chi connectivity index (χ4n) is 3.95. The summed E-state index contributed by atoms with van der Waals surface area (Å²) in [5.74, 6) is -2.11. The van der Waals surface area contributed by atoms with Crippen LogP contribution in [-0.4, -0.2) is 34.4 Å². The standard InChI is InChI=1S/C25H17Cl2N3O5/c1-2-7-28-19-6-4-14(11-17(19)22-29-20-10-13(26)9-18(27)21(20)35-22)30-23(31)15-5-3-12(25(33)34)8-16(15)24(30)32/h3-6,8-11,28H,2,7H2,1H3,(H,33,34). The molecule has 35 heavy (non-hydrogen) atoms. The van der Waals surface area contributed by atoms with Crippen molar-refractivity contribution in [3.8, 4) is 11.5 Å². The van der Waals surface area contributed by atoms with Crippen LogP contribution in [0, 0.1) is 0 Å². The number of benzene rings is 3. The Labute approximate surface area is 209 Å². The third-order valence-electron chi connectivity index (χ3n) is 5.60. The first-order chi connectivity index (χ1) is 16.8. The third kappa shape index (κ3) is 3.90. The molecule has 0 unspecified atom stereocenters. The van der Waals surface area contributed by atoms with Gasteiger partial charge in [-0.15, -0.1) is 0 Å². The van der Waals surface area contributed by atoms with Gasteiger partial charge in [0.25, 0.3) is 11.8 Å². The van der Waals surface area contributed by atoms with Crippen LogP contribution in [-0.2, 0) is 0 Å². The lowest BCUT2D eigenvalue weighted by atomic mass is 10.1. The van der Waals surface area contributed by atoms with E-state index >= 15 is 0 Å². The number of anilines is 2. The van der Waals surface area contributed by atoms with Crippen molar-refractivity contribution in [3.05, 3.63) is 75.3 Å². The number of carboxylic acid groups (broad SMARTS) is 1. The second-order valence-corrected chi connectivity index (χ2v) is 8.77. The zero-order chi connectivity index (χ0) is 24.9. The molecule has 3 aromatic carbocycles. The molecule has 0 radical (unpaired) electrons.